The van der Waals surface area contributed by atoms with Crippen LogP contribution in [0.2, 0.25) is 10.0 Å². The summed E-state index contributed by atoms with van der Waals surface area (Å²) in [6, 6.07) is 12.8. The van der Waals surface area contributed by atoms with Crippen LogP contribution in [0, 0.1) is 6.92 Å². The van der Waals surface area contributed by atoms with Gasteiger partial charge in [0.15, 0.2) is 0 Å². The number of halogens is 2. The van der Waals surface area contributed by atoms with Gasteiger partial charge in [0.1, 0.15) is 17.2 Å². The van der Waals surface area contributed by atoms with E-state index in [2.05, 4.69) is 10.3 Å². The molecule has 0 aliphatic rings. The summed E-state index contributed by atoms with van der Waals surface area (Å²) < 4.78 is 11.6. The second-order valence-electron chi connectivity index (χ2n) is 7.59. The Kier molecular flexibility index (Phi) is 6.72. The predicted molar refractivity (Wildman–Crippen MR) is 134 cm³/mol. The number of carbonyl (C=O) groups excluding carboxylic acids is 1. The molecule has 0 aliphatic heterocycles. The number of amides is 1. The number of pyridine rings is 1. The first-order valence-corrected chi connectivity index (χ1v) is 11.2. The number of hydrogen-bond donors (Lipinski definition) is 1. The average molecular weight is 481 g/mol. The zero-order valence-corrected chi connectivity index (χ0v) is 19.9. The summed E-state index contributed by atoms with van der Waals surface area (Å²) in [4.78, 5) is 16.8. The highest BCUT2D eigenvalue weighted by Crippen LogP contribution is 2.40. The van der Waals surface area contributed by atoms with Crippen molar-refractivity contribution in [2.75, 3.05) is 11.9 Å². The number of rotatable bonds is 6. The summed E-state index contributed by atoms with van der Waals surface area (Å²) in [5.74, 6) is 0.840. The van der Waals surface area contributed by atoms with E-state index in [-0.39, 0.29) is 5.91 Å². The molecule has 1 N–H and O–H groups in total. The van der Waals surface area contributed by atoms with Crippen molar-refractivity contribution in [3.63, 3.8) is 0 Å². The summed E-state index contributed by atoms with van der Waals surface area (Å²) >= 11 is 12.5. The molecule has 33 heavy (non-hydrogen) atoms. The number of aromatic nitrogens is 1. The Morgan fingerprint density at radius 2 is 1.97 bits per heavy atom. The van der Waals surface area contributed by atoms with E-state index in [0.717, 1.165) is 33.2 Å². The number of hydrogen-bond acceptors (Lipinski definition) is 4. The first-order valence-electron chi connectivity index (χ1n) is 10.4. The van der Waals surface area contributed by atoms with Crippen LogP contribution in [0.3, 0.4) is 0 Å². The molecule has 0 unspecified atom stereocenters. The van der Waals surface area contributed by atoms with Crippen molar-refractivity contribution < 1.29 is 13.9 Å². The standard InChI is InChI=1S/C26H22Cl2N2O3/c1-4-32-23-12-24-20(21(14-33-24)18-7-6-17(27)10-22(18)28)11-19(23)16(3)9-26(31)30-25-8-5-15(2)13-29-25/h5-14H,4H2,1-3H3,(H,29,30,31)/b16-9+. The molecule has 0 bridgehead atoms. The number of benzene rings is 2. The fourth-order valence-electron chi connectivity index (χ4n) is 3.53. The SMILES string of the molecule is CCOc1cc2occ(-c3ccc(Cl)cc3Cl)c2cc1/C(C)=C/C(=O)Nc1ccc(C)cn1. The van der Waals surface area contributed by atoms with E-state index in [9.17, 15) is 4.79 Å². The molecule has 0 radical (unpaired) electrons. The van der Waals surface area contributed by atoms with E-state index in [1.165, 1.54) is 6.08 Å². The molecule has 4 aromatic rings. The number of fused-ring (bicyclic) bond motifs is 1. The third-order valence-electron chi connectivity index (χ3n) is 5.13. The Labute approximate surface area is 202 Å². The fourth-order valence-corrected chi connectivity index (χ4v) is 4.04. The molecule has 7 heteroatoms. The molecule has 168 valence electrons. The van der Waals surface area contributed by atoms with Crippen LogP contribution in [-0.2, 0) is 4.79 Å². The van der Waals surface area contributed by atoms with Crippen LogP contribution in [-0.4, -0.2) is 17.5 Å². The summed E-state index contributed by atoms with van der Waals surface area (Å²) in [5.41, 5.74) is 4.83. The third-order valence-corrected chi connectivity index (χ3v) is 5.68. The maximum Gasteiger partial charge on any atom is 0.249 e. The second-order valence-corrected chi connectivity index (χ2v) is 8.43. The summed E-state index contributed by atoms with van der Waals surface area (Å²) in [6.07, 6.45) is 4.89. The number of aryl methyl sites for hydroxylation is 1. The molecule has 4 rings (SSSR count). The second kappa shape index (κ2) is 9.69. The molecule has 1 amide bonds. The zero-order valence-electron chi connectivity index (χ0n) is 18.4. The highest BCUT2D eigenvalue weighted by molar-refractivity contribution is 6.36. The minimum atomic E-state index is -0.278. The minimum absolute atomic E-state index is 0.278. The van der Waals surface area contributed by atoms with E-state index in [0.29, 0.717) is 33.8 Å². The highest BCUT2D eigenvalue weighted by atomic mass is 35.5. The number of anilines is 1. The van der Waals surface area contributed by atoms with Crippen LogP contribution in [0.1, 0.15) is 25.0 Å². The molecule has 0 aliphatic carbocycles. The summed E-state index contributed by atoms with van der Waals surface area (Å²) in [5, 5.41) is 4.73. The van der Waals surface area contributed by atoms with E-state index >= 15 is 0 Å². The average Bonchev–Trinajstić information content (AvgIpc) is 3.17. The first-order chi connectivity index (χ1) is 15.9. The largest absolute Gasteiger partial charge is 0.493 e. The molecular weight excluding hydrogens is 459 g/mol. The molecule has 2 aromatic carbocycles. The van der Waals surface area contributed by atoms with Gasteiger partial charge in [-0.05, 0) is 56.2 Å². The lowest BCUT2D eigenvalue weighted by molar-refractivity contribution is -0.111. The predicted octanol–water partition coefficient (Wildman–Crippen LogP) is 7.55. The Morgan fingerprint density at radius 3 is 2.67 bits per heavy atom. The molecule has 2 aromatic heterocycles. The minimum Gasteiger partial charge on any atom is -0.493 e. The van der Waals surface area contributed by atoms with Crippen molar-refractivity contribution in [3.05, 3.63) is 82.2 Å². The van der Waals surface area contributed by atoms with Gasteiger partial charge in [-0.25, -0.2) is 4.98 Å². The van der Waals surface area contributed by atoms with E-state index < -0.39 is 0 Å². The lowest BCUT2D eigenvalue weighted by Gasteiger charge is -2.12. The van der Waals surface area contributed by atoms with Crippen molar-refractivity contribution in [2.24, 2.45) is 0 Å². The zero-order chi connectivity index (χ0) is 23.5. The van der Waals surface area contributed by atoms with E-state index in [1.54, 1.807) is 30.7 Å². The molecule has 0 spiro atoms. The van der Waals surface area contributed by atoms with Crippen molar-refractivity contribution >= 4 is 51.5 Å². The smallest absolute Gasteiger partial charge is 0.249 e. The van der Waals surface area contributed by atoms with Crippen molar-refractivity contribution in [1.29, 1.82) is 0 Å². The van der Waals surface area contributed by atoms with Gasteiger partial charge < -0.3 is 14.5 Å². The molecule has 5 nitrogen and oxygen atoms in total. The topological polar surface area (TPSA) is 64.4 Å². The number of ether oxygens (including phenoxy) is 1. The van der Waals surface area contributed by atoms with Crippen LogP contribution in [0.5, 0.6) is 5.75 Å². The quantitative estimate of drug-likeness (QED) is 0.289. The van der Waals surface area contributed by atoms with E-state index in [1.807, 2.05) is 45.0 Å². The highest BCUT2D eigenvalue weighted by Gasteiger charge is 2.17. The van der Waals surface area contributed by atoms with Gasteiger partial charge in [-0.2, -0.15) is 0 Å². The Balaban J connectivity index is 1.74. The van der Waals surface area contributed by atoms with Crippen LogP contribution >= 0.6 is 23.2 Å². The Bertz CT molecular complexity index is 1360. The number of nitrogens with zero attached hydrogens (tertiary/aromatic N) is 1. The summed E-state index contributed by atoms with van der Waals surface area (Å²) in [6.45, 7) is 6.18. The van der Waals surface area contributed by atoms with Crippen LogP contribution in [0.25, 0.3) is 27.7 Å². The van der Waals surface area contributed by atoms with Crippen LogP contribution in [0.4, 0.5) is 5.82 Å². The van der Waals surface area contributed by atoms with Gasteiger partial charge in [-0.15, -0.1) is 0 Å². The lowest BCUT2D eigenvalue weighted by atomic mass is 9.99. The Hall–Kier alpha value is -3.28. The van der Waals surface area contributed by atoms with Gasteiger partial charge in [-0.3, -0.25) is 4.79 Å². The van der Waals surface area contributed by atoms with Crippen molar-refractivity contribution in [3.8, 4) is 16.9 Å². The van der Waals surface area contributed by atoms with Crippen LogP contribution < -0.4 is 10.1 Å². The van der Waals surface area contributed by atoms with Gasteiger partial charge in [0, 0.05) is 45.4 Å². The number of nitrogens with one attached hydrogen (secondary N) is 1. The molecular formula is C26H22Cl2N2O3. The lowest BCUT2D eigenvalue weighted by Crippen LogP contribution is -2.10. The number of allylic oxidation sites excluding steroid dienone is 1. The molecule has 2 heterocycles. The van der Waals surface area contributed by atoms with Gasteiger partial charge >= 0.3 is 0 Å². The number of furan rings is 1. The number of carbonyl (C=O) groups is 1. The van der Waals surface area contributed by atoms with Crippen molar-refractivity contribution in [2.45, 2.75) is 20.8 Å². The maximum atomic E-state index is 12.6. The summed E-state index contributed by atoms with van der Waals surface area (Å²) in [7, 11) is 0. The Morgan fingerprint density at radius 1 is 1.15 bits per heavy atom. The molecule has 0 fully saturated rings. The van der Waals surface area contributed by atoms with E-state index in [4.69, 9.17) is 32.4 Å². The molecule has 0 saturated heterocycles. The maximum absolute atomic E-state index is 12.6. The molecule has 0 saturated carbocycles. The van der Waals surface area contributed by atoms with Gasteiger partial charge in [-0.1, -0.05) is 35.3 Å². The van der Waals surface area contributed by atoms with Gasteiger partial charge in [0.25, 0.3) is 0 Å². The van der Waals surface area contributed by atoms with Gasteiger partial charge in [0.2, 0.25) is 5.91 Å². The first kappa shape index (κ1) is 22.9. The van der Waals surface area contributed by atoms with Gasteiger partial charge in [0.05, 0.1) is 17.9 Å². The monoisotopic (exact) mass is 480 g/mol. The molecule has 0 atom stereocenters. The fraction of sp³-hybridized carbons (Fsp3) is 0.154. The third kappa shape index (κ3) is 5.05. The normalized spacial score (nSPS) is 11.6. The van der Waals surface area contributed by atoms with Crippen LogP contribution in [0.15, 0.2) is 65.4 Å². The van der Waals surface area contributed by atoms with Crippen molar-refractivity contribution in [1.82, 2.24) is 4.98 Å².